The highest BCUT2D eigenvalue weighted by Crippen LogP contribution is 2.07. The Labute approximate surface area is 105 Å². The second kappa shape index (κ2) is 10.3. The Balaban J connectivity index is 3.48. The first-order chi connectivity index (χ1) is 8.13. The summed E-state index contributed by atoms with van der Waals surface area (Å²) in [5, 5.41) is 0. The van der Waals surface area contributed by atoms with E-state index >= 15 is 0 Å². The maximum atomic E-state index is 11.4. The first-order valence-electron chi connectivity index (χ1n) is 6.82. The minimum absolute atomic E-state index is 0.0436. The molecule has 0 aliphatic rings. The van der Waals surface area contributed by atoms with Gasteiger partial charge in [-0.1, -0.05) is 46.0 Å². The summed E-state index contributed by atoms with van der Waals surface area (Å²) in [5.74, 6) is -1.01. The lowest BCUT2D eigenvalue weighted by atomic mass is 10.1. The SMILES string of the molecule is CCCCCCCCOC(=O)[C@@H](C)C(=O)CC. The van der Waals surface area contributed by atoms with E-state index in [0.29, 0.717) is 13.0 Å². The largest absolute Gasteiger partial charge is 0.465 e. The summed E-state index contributed by atoms with van der Waals surface area (Å²) in [6.45, 7) is 6.02. The van der Waals surface area contributed by atoms with E-state index in [1.807, 2.05) is 0 Å². The van der Waals surface area contributed by atoms with Crippen LogP contribution in [0.5, 0.6) is 0 Å². The van der Waals surface area contributed by atoms with Crippen LogP contribution in [0.1, 0.15) is 65.7 Å². The third-order valence-electron chi connectivity index (χ3n) is 2.93. The number of ketones is 1. The van der Waals surface area contributed by atoms with Gasteiger partial charge in [0.2, 0.25) is 0 Å². The molecule has 0 spiro atoms. The molecular formula is C14H26O3. The number of Topliss-reactive ketones (excluding diaryl/α,β-unsaturated/α-hetero) is 1. The summed E-state index contributed by atoms with van der Waals surface area (Å²) >= 11 is 0. The Morgan fingerprint density at radius 3 is 2.18 bits per heavy atom. The predicted octanol–water partition coefficient (Wildman–Crippen LogP) is 3.51. The van der Waals surface area contributed by atoms with Gasteiger partial charge in [0, 0.05) is 6.42 Å². The molecule has 17 heavy (non-hydrogen) atoms. The number of carbonyl (C=O) groups excluding carboxylic acids is 2. The average molecular weight is 242 g/mol. The molecule has 0 aromatic carbocycles. The Hall–Kier alpha value is -0.860. The minimum Gasteiger partial charge on any atom is -0.465 e. The lowest BCUT2D eigenvalue weighted by molar-refractivity contribution is -0.151. The monoisotopic (exact) mass is 242 g/mol. The Morgan fingerprint density at radius 2 is 1.59 bits per heavy atom. The molecule has 0 bridgehead atoms. The van der Waals surface area contributed by atoms with E-state index in [2.05, 4.69) is 6.92 Å². The van der Waals surface area contributed by atoms with Crippen LogP contribution in [-0.4, -0.2) is 18.4 Å². The van der Waals surface area contributed by atoms with Crippen LogP contribution in [-0.2, 0) is 14.3 Å². The Bertz CT molecular complexity index is 224. The summed E-state index contributed by atoms with van der Waals surface area (Å²) in [7, 11) is 0. The van der Waals surface area contributed by atoms with Crippen molar-refractivity contribution in [1.29, 1.82) is 0 Å². The van der Waals surface area contributed by atoms with E-state index in [4.69, 9.17) is 4.74 Å². The molecule has 3 nitrogen and oxygen atoms in total. The van der Waals surface area contributed by atoms with E-state index < -0.39 is 5.92 Å². The Kier molecular flexibility index (Phi) is 9.78. The van der Waals surface area contributed by atoms with Gasteiger partial charge in [-0.05, 0) is 13.3 Å². The quantitative estimate of drug-likeness (QED) is 0.334. The van der Waals surface area contributed by atoms with Gasteiger partial charge < -0.3 is 4.74 Å². The van der Waals surface area contributed by atoms with Gasteiger partial charge in [-0.2, -0.15) is 0 Å². The van der Waals surface area contributed by atoms with Gasteiger partial charge in [0.05, 0.1) is 6.61 Å². The van der Waals surface area contributed by atoms with E-state index in [1.54, 1.807) is 13.8 Å². The van der Waals surface area contributed by atoms with Crippen LogP contribution in [0.3, 0.4) is 0 Å². The van der Waals surface area contributed by atoms with Crippen LogP contribution < -0.4 is 0 Å². The molecule has 0 rings (SSSR count). The van der Waals surface area contributed by atoms with Crippen molar-refractivity contribution in [2.45, 2.75) is 65.7 Å². The van der Waals surface area contributed by atoms with Crippen LogP contribution in [0, 0.1) is 5.92 Å². The van der Waals surface area contributed by atoms with Gasteiger partial charge in [0.15, 0.2) is 0 Å². The first-order valence-corrected chi connectivity index (χ1v) is 6.82. The van der Waals surface area contributed by atoms with Crippen molar-refractivity contribution in [3.8, 4) is 0 Å². The lowest BCUT2D eigenvalue weighted by Gasteiger charge is -2.09. The number of hydrogen-bond donors (Lipinski definition) is 0. The third kappa shape index (κ3) is 7.94. The van der Waals surface area contributed by atoms with E-state index in [1.165, 1.54) is 25.7 Å². The molecule has 0 aliphatic carbocycles. The zero-order valence-corrected chi connectivity index (χ0v) is 11.5. The van der Waals surface area contributed by atoms with Crippen LogP contribution in [0.25, 0.3) is 0 Å². The molecule has 0 aliphatic heterocycles. The topological polar surface area (TPSA) is 43.4 Å². The van der Waals surface area contributed by atoms with Crippen LogP contribution in [0.2, 0.25) is 0 Å². The van der Waals surface area contributed by atoms with Gasteiger partial charge in [0.25, 0.3) is 0 Å². The fraction of sp³-hybridized carbons (Fsp3) is 0.857. The Morgan fingerprint density at radius 1 is 1.00 bits per heavy atom. The summed E-state index contributed by atoms with van der Waals surface area (Å²) in [6, 6.07) is 0. The van der Waals surface area contributed by atoms with Gasteiger partial charge in [-0.25, -0.2) is 0 Å². The van der Waals surface area contributed by atoms with Crippen molar-refractivity contribution in [2.24, 2.45) is 5.92 Å². The van der Waals surface area contributed by atoms with Gasteiger partial charge in [-0.3, -0.25) is 9.59 Å². The van der Waals surface area contributed by atoms with Gasteiger partial charge >= 0.3 is 5.97 Å². The van der Waals surface area contributed by atoms with Crippen molar-refractivity contribution in [2.75, 3.05) is 6.61 Å². The van der Waals surface area contributed by atoms with Crippen molar-refractivity contribution in [3.63, 3.8) is 0 Å². The molecule has 0 aromatic rings. The summed E-state index contributed by atoms with van der Waals surface area (Å²) in [6.07, 6.45) is 7.39. The van der Waals surface area contributed by atoms with Crippen molar-refractivity contribution < 1.29 is 14.3 Å². The number of rotatable bonds is 10. The standard InChI is InChI=1S/C14H26O3/c1-4-6-7-8-9-10-11-17-14(16)12(3)13(15)5-2/h12H,4-11H2,1-3H3/t12-/m0/s1. The number of unbranched alkanes of at least 4 members (excludes halogenated alkanes) is 5. The highest BCUT2D eigenvalue weighted by molar-refractivity contribution is 5.98. The normalized spacial score (nSPS) is 12.2. The molecule has 0 N–H and O–H groups in total. The van der Waals surface area contributed by atoms with Crippen LogP contribution in [0.15, 0.2) is 0 Å². The summed E-state index contributed by atoms with van der Waals surface area (Å²) in [5.41, 5.74) is 0. The smallest absolute Gasteiger partial charge is 0.316 e. The van der Waals surface area contributed by atoms with E-state index in [0.717, 1.165) is 12.8 Å². The zero-order chi connectivity index (χ0) is 13.1. The molecule has 0 unspecified atom stereocenters. The molecule has 100 valence electrons. The summed E-state index contributed by atoms with van der Waals surface area (Å²) < 4.78 is 5.07. The van der Waals surface area contributed by atoms with Crippen molar-refractivity contribution >= 4 is 11.8 Å². The molecule has 0 aromatic heterocycles. The van der Waals surface area contributed by atoms with Gasteiger partial charge in [-0.15, -0.1) is 0 Å². The molecule has 3 heteroatoms. The van der Waals surface area contributed by atoms with Gasteiger partial charge in [0.1, 0.15) is 11.7 Å². The minimum atomic E-state index is -0.597. The predicted molar refractivity (Wildman–Crippen MR) is 68.8 cm³/mol. The number of carbonyl (C=O) groups is 2. The van der Waals surface area contributed by atoms with Crippen LogP contribution >= 0.6 is 0 Å². The molecule has 0 saturated heterocycles. The second-order valence-electron chi connectivity index (χ2n) is 4.48. The number of esters is 1. The molecule has 1 atom stereocenters. The molecule has 0 heterocycles. The third-order valence-corrected chi connectivity index (χ3v) is 2.93. The zero-order valence-electron chi connectivity index (χ0n) is 11.5. The van der Waals surface area contributed by atoms with Crippen LogP contribution in [0.4, 0.5) is 0 Å². The second-order valence-corrected chi connectivity index (χ2v) is 4.48. The lowest BCUT2D eigenvalue weighted by Crippen LogP contribution is -2.23. The molecule has 0 saturated carbocycles. The molecule has 0 fully saturated rings. The fourth-order valence-corrected chi connectivity index (χ4v) is 1.62. The number of ether oxygens (including phenoxy) is 1. The maximum Gasteiger partial charge on any atom is 0.316 e. The molecule has 0 radical (unpaired) electrons. The van der Waals surface area contributed by atoms with E-state index in [9.17, 15) is 9.59 Å². The summed E-state index contributed by atoms with van der Waals surface area (Å²) in [4.78, 5) is 22.7. The molecular weight excluding hydrogens is 216 g/mol. The maximum absolute atomic E-state index is 11.4. The van der Waals surface area contributed by atoms with Crippen molar-refractivity contribution in [1.82, 2.24) is 0 Å². The van der Waals surface area contributed by atoms with Crippen molar-refractivity contribution in [3.05, 3.63) is 0 Å². The molecule has 0 amide bonds. The average Bonchev–Trinajstić information content (AvgIpc) is 2.35. The van der Waals surface area contributed by atoms with E-state index in [-0.39, 0.29) is 11.8 Å². The first kappa shape index (κ1) is 16.1. The number of hydrogen-bond acceptors (Lipinski definition) is 3. The highest BCUT2D eigenvalue weighted by Gasteiger charge is 2.20. The fourth-order valence-electron chi connectivity index (χ4n) is 1.62. The highest BCUT2D eigenvalue weighted by atomic mass is 16.5.